The molecule has 2 N–H and O–H groups in total. The summed E-state index contributed by atoms with van der Waals surface area (Å²) in [5.74, 6) is 0.648. The maximum absolute atomic E-state index is 12.0. The molecule has 1 saturated heterocycles. The average molecular weight is 289 g/mol. The van der Waals surface area contributed by atoms with Gasteiger partial charge in [0.1, 0.15) is 0 Å². The molecule has 1 amide bonds. The van der Waals surface area contributed by atoms with Crippen LogP contribution in [0.2, 0.25) is 0 Å². The molecule has 1 aliphatic heterocycles. The summed E-state index contributed by atoms with van der Waals surface area (Å²) in [6.45, 7) is 2.09. The number of nitrogens with one attached hydrogen (secondary N) is 1. The van der Waals surface area contributed by atoms with Crippen molar-refractivity contribution in [2.24, 2.45) is 0 Å². The number of pyridine rings is 1. The third-order valence-corrected chi connectivity index (χ3v) is 3.68. The Kier molecular flexibility index (Phi) is 4.12. The summed E-state index contributed by atoms with van der Waals surface area (Å²) in [5.41, 5.74) is 0.765. The van der Waals surface area contributed by atoms with Gasteiger partial charge < -0.3 is 10.4 Å². The molecule has 0 bridgehead atoms. The summed E-state index contributed by atoms with van der Waals surface area (Å²) >= 11 is 0. The van der Waals surface area contributed by atoms with Gasteiger partial charge in [-0.1, -0.05) is 6.07 Å². The van der Waals surface area contributed by atoms with Crippen LogP contribution >= 0.6 is 0 Å². The minimum absolute atomic E-state index is 0.0585. The van der Waals surface area contributed by atoms with E-state index in [0.717, 1.165) is 25.0 Å². The zero-order valence-electron chi connectivity index (χ0n) is 11.8. The van der Waals surface area contributed by atoms with Crippen LogP contribution in [0.15, 0.2) is 24.4 Å². The lowest BCUT2D eigenvalue weighted by Gasteiger charge is -2.29. The number of piperidine rings is 1. The summed E-state index contributed by atoms with van der Waals surface area (Å²) in [4.78, 5) is 13.9. The SMILES string of the molecule is O=C(CN1CCC[C@@H](O)C1)NCc1nnc2ccccn12. The first-order valence-electron chi connectivity index (χ1n) is 7.18. The maximum Gasteiger partial charge on any atom is 0.234 e. The number of amides is 1. The van der Waals surface area contributed by atoms with Gasteiger partial charge in [-0.2, -0.15) is 0 Å². The number of carbonyl (C=O) groups is 1. The fourth-order valence-electron chi connectivity index (χ4n) is 2.62. The molecule has 1 fully saturated rings. The highest BCUT2D eigenvalue weighted by atomic mass is 16.3. The summed E-state index contributed by atoms with van der Waals surface area (Å²) in [5, 5.41) is 20.6. The smallest absolute Gasteiger partial charge is 0.234 e. The monoisotopic (exact) mass is 289 g/mol. The Morgan fingerprint density at radius 1 is 1.43 bits per heavy atom. The van der Waals surface area contributed by atoms with Gasteiger partial charge >= 0.3 is 0 Å². The van der Waals surface area contributed by atoms with Gasteiger partial charge in [0.05, 0.1) is 19.2 Å². The molecule has 3 heterocycles. The lowest BCUT2D eigenvalue weighted by molar-refractivity contribution is -0.123. The number of β-amino-alcohol motifs (C(OH)–C–C–N with tert-alkyl or cyclic N) is 1. The number of fused-ring (bicyclic) bond motifs is 1. The van der Waals surface area contributed by atoms with Crippen molar-refractivity contribution in [3.05, 3.63) is 30.2 Å². The molecule has 1 atom stereocenters. The molecule has 21 heavy (non-hydrogen) atoms. The van der Waals surface area contributed by atoms with Crippen molar-refractivity contribution in [3.8, 4) is 0 Å². The van der Waals surface area contributed by atoms with Crippen molar-refractivity contribution < 1.29 is 9.90 Å². The Balaban J connectivity index is 1.54. The Hall–Kier alpha value is -1.99. The highest BCUT2D eigenvalue weighted by Crippen LogP contribution is 2.09. The van der Waals surface area contributed by atoms with Crippen molar-refractivity contribution in [2.75, 3.05) is 19.6 Å². The molecule has 0 unspecified atom stereocenters. The van der Waals surface area contributed by atoms with Crippen LogP contribution in [0, 0.1) is 0 Å². The molecule has 112 valence electrons. The Bertz CT molecular complexity index is 627. The standard InChI is InChI=1S/C14H19N5O2/c20-11-4-3-6-18(9-11)10-14(21)15-8-13-17-16-12-5-1-2-7-19(12)13/h1-2,5,7,11,20H,3-4,6,8-10H2,(H,15,21)/t11-/m1/s1. The topological polar surface area (TPSA) is 82.8 Å². The number of carbonyl (C=O) groups excluding carboxylic acids is 1. The Labute approximate surface area is 122 Å². The van der Waals surface area contributed by atoms with Crippen molar-refractivity contribution in [2.45, 2.75) is 25.5 Å². The average Bonchev–Trinajstić information content (AvgIpc) is 2.88. The van der Waals surface area contributed by atoms with Gasteiger partial charge in [0.2, 0.25) is 5.91 Å². The van der Waals surface area contributed by atoms with Gasteiger partial charge in [-0.25, -0.2) is 0 Å². The second-order valence-corrected chi connectivity index (χ2v) is 5.35. The quantitative estimate of drug-likeness (QED) is 0.814. The van der Waals surface area contributed by atoms with Crippen LogP contribution in [0.5, 0.6) is 0 Å². The number of nitrogens with zero attached hydrogens (tertiary/aromatic N) is 4. The molecule has 2 aromatic rings. The third kappa shape index (κ3) is 3.37. The molecular weight excluding hydrogens is 270 g/mol. The van der Waals surface area contributed by atoms with Crippen molar-refractivity contribution in [3.63, 3.8) is 0 Å². The zero-order valence-corrected chi connectivity index (χ0v) is 11.8. The van der Waals surface area contributed by atoms with E-state index in [4.69, 9.17) is 0 Å². The first-order chi connectivity index (χ1) is 10.2. The van der Waals surface area contributed by atoms with E-state index in [1.807, 2.05) is 33.7 Å². The zero-order chi connectivity index (χ0) is 14.7. The van der Waals surface area contributed by atoms with E-state index in [-0.39, 0.29) is 12.0 Å². The van der Waals surface area contributed by atoms with E-state index in [0.29, 0.717) is 25.5 Å². The highest BCUT2D eigenvalue weighted by molar-refractivity contribution is 5.77. The molecule has 7 nitrogen and oxygen atoms in total. The molecule has 7 heteroatoms. The maximum atomic E-state index is 12.0. The van der Waals surface area contributed by atoms with E-state index in [1.165, 1.54) is 0 Å². The molecule has 0 spiro atoms. The van der Waals surface area contributed by atoms with E-state index in [2.05, 4.69) is 15.5 Å². The van der Waals surface area contributed by atoms with Crippen LogP contribution in [-0.2, 0) is 11.3 Å². The van der Waals surface area contributed by atoms with Crippen LogP contribution < -0.4 is 5.32 Å². The van der Waals surface area contributed by atoms with Crippen LogP contribution in [0.4, 0.5) is 0 Å². The molecule has 0 radical (unpaired) electrons. The lowest BCUT2D eigenvalue weighted by Crippen LogP contribution is -2.44. The van der Waals surface area contributed by atoms with Gasteiger partial charge in [-0.15, -0.1) is 10.2 Å². The van der Waals surface area contributed by atoms with Gasteiger partial charge in [-0.05, 0) is 31.5 Å². The number of hydrogen-bond acceptors (Lipinski definition) is 5. The van der Waals surface area contributed by atoms with Crippen molar-refractivity contribution in [1.82, 2.24) is 24.8 Å². The highest BCUT2D eigenvalue weighted by Gasteiger charge is 2.19. The van der Waals surface area contributed by atoms with Crippen LogP contribution in [-0.4, -0.2) is 56.2 Å². The minimum atomic E-state index is -0.313. The van der Waals surface area contributed by atoms with Gasteiger partial charge in [0.25, 0.3) is 0 Å². The van der Waals surface area contributed by atoms with E-state index >= 15 is 0 Å². The second-order valence-electron chi connectivity index (χ2n) is 5.35. The second kappa shape index (κ2) is 6.19. The molecular formula is C14H19N5O2. The van der Waals surface area contributed by atoms with E-state index < -0.39 is 0 Å². The number of likely N-dealkylation sites (tertiary alicyclic amines) is 1. The molecule has 0 saturated carbocycles. The molecule has 3 rings (SSSR count). The number of aliphatic hydroxyl groups excluding tert-OH is 1. The molecule has 0 aliphatic carbocycles. The Morgan fingerprint density at radius 2 is 2.33 bits per heavy atom. The molecule has 2 aromatic heterocycles. The van der Waals surface area contributed by atoms with Crippen LogP contribution in [0.1, 0.15) is 18.7 Å². The summed E-state index contributed by atoms with van der Waals surface area (Å²) in [6, 6.07) is 5.66. The normalized spacial score (nSPS) is 19.8. The van der Waals surface area contributed by atoms with E-state index in [9.17, 15) is 9.90 Å². The fourth-order valence-corrected chi connectivity index (χ4v) is 2.62. The summed E-state index contributed by atoms with van der Waals surface area (Å²) < 4.78 is 1.85. The largest absolute Gasteiger partial charge is 0.392 e. The van der Waals surface area contributed by atoms with Gasteiger partial charge in [-0.3, -0.25) is 14.1 Å². The Morgan fingerprint density at radius 3 is 3.19 bits per heavy atom. The van der Waals surface area contributed by atoms with E-state index in [1.54, 1.807) is 0 Å². The number of rotatable bonds is 4. The molecule has 1 aliphatic rings. The summed E-state index contributed by atoms with van der Waals surface area (Å²) in [7, 11) is 0. The predicted molar refractivity (Wildman–Crippen MR) is 76.5 cm³/mol. The number of hydrogen-bond donors (Lipinski definition) is 2. The first-order valence-corrected chi connectivity index (χ1v) is 7.18. The van der Waals surface area contributed by atoms with Gasteiger partial charge in [0, 0.05) is 12.7 Å². The molecule has 0 aromatic carbocycles. The summed E-state index contributed by atoms with van der Waals surface area (Å²) in [6.07, 6.45) is 3.32. The van der Waals surface area contributed by atoms with Crippen LogP contribution in [0.3, 0.4) is 0 Å². The fraction of sp³-hybridized carbons (Fsp3) is 0.500. The predicted octanol–water partition coefficient (Wildman–Crippen LogP) is -0.198. The minimum Gasteiger partial charge on any atom is -0.392 e. The van der Waals surface area contributed by atoms with Crippen molar-refractivity contribution in [1.29, 1.82) is 0 Å². The third-order valence-electron chi connectivity index (χ3n) is 3.68. The number of aliphatic hydroxyl groups is 1. The van der Waals surface area contributed by atoms with Crippen molar-refractivity contribution >= 4 is 11.6 Å². The number of aromatic nitrogens is 3. The lowest BCUT2D eigenvalue weighted by atomic mass is 10.1. The van der Waals surface area contributed by atoms with Crippen LogP contribution in [0.25, 0.3) is 5.65 Å². The van der Waals surface area contributed by atoms with Gasteiger partial charge in [0.15, 0.2) is 11.5 Å². The first kappa shape index (κ1) is 14.0.